The summed E-state index contributed by atoms with van der Waals surface area (Å²) in [4.78, 5) is 23.5. The molecule has 0 aliphatic carbocycles. The molecule has 0 fully saturated rings. The number of carbonyl (C=O) groups excluding carboxylic acids is 2. The van der Waals surface area contributed by atoms with Crippen LogP contribution in [0.15, 0.2) is 84.9 Å². The Bertz CT molecular complexity index is 929. The summed E-state index contributed by atoms with van der Waals surface area (Å²) in [5.74, 6) is -0.209. The average molecular weight is 403 g/mol. The van der Waals surface area contributed by atoms with Gasteiger partial charge < -0.3 is 10.1 Å². The first-order valence-electron chi connectivity index (χ1n) is 9.81. The molecule has 0 saturated heterocycles. The first-order valence-corrected chi connectivity index (χ1v) is 9.81. The maximum Gasteiger partial charge on any atom is 0.407 e. The van der Waals surface area contributed by atoms with Gasteiger partial charge in [-0.25, -0.2) is 10.2 Å². The second kappa shape index (κ2) is 11.4. The normalized spacial score (nSPS) is 10.3. The maximum absolute atomic E-state index is 11.9. The van der Waals surface area contributed by atoms with Gasteiger partial charge in [0.15, 0.2) is 0 Å². The van der Waals surface area contributed by atoms with Gasteiger partial charge in [-0.05, 0) is 22.3 Å². The van der Waals surface area contributed by atoms with E-state index in [2.05, 4.69) is 40.4 Å². The van der Waals surface area contributed by atoms with Gasteiger partial charge in [-0.3, -0.25) is 10.2 Å². The molecule has 0 unspecified atom stereocenters. The topological polar surface area (TPSA) is 79.5 Å². The van der Waals surface area contributed by atoms with Crippen molar-refractivity contribution < 1.29 is 14.3 Å². The second-order valence-electron chi connectivity index (χ2n) is 6.70. The Morgan fingerprint density at radius 1 is 0.733 bits per heavy atom. The molecule has 0 atom stereocenters. The monoisotopic (exact) mass is 403 g/mol. The Hall–Kier alpha value is -3.64. The summed E-state index contributed by atoms with van der Waals surface area (Å²) in [5, 5.41) is 2.56. The SMILES string of the molecule is O=C(CCNC(=O)OCc1ccccc1)NNCc1ccc(-c2ccccc2)cc1. The lowest BCUT2D eigenvalue weighted by Gasteiger charge is -2.09. The number of ether oxygens (including phenoxy) is 1. The van der Waals surface area contributed by atoms with Crippen LogP contribution in [0.4, 0.5) is 4.79 Å². The number of carbonyl (C=O) groups is 2. The summed E-state index contributed by atoms with van der Waals surface area (Å²) in [7, 11) is 0. The third-order valence-electron chi connectivity index (χ3n) is 4.42. The largest absolute Gasteiger partial charge is 0.445 e. The first-order chi connectivity index (χ1) is 14.7. The third kappa shape index (κ3) is 7.07. The molecule has 154 valence electrons. The average Bonchev–Trinajstić information content (AvgIpc) is 2.79. The van der Waals surface area contributed by atoms with E-state index < -0.39 is 6.09 Å². The highest BCUT2D eigenvalue weighted by Crippen LogP contribution is 2.19. The van der Waals surface area contributed by atoms with E-state index >= 15 is 0 Å². The molecule has 0 bridgehead atoms. The lowest BCUT2D eigenvalue weighted by atomic mass is 10.0. The van der Waals surface area contributed by atoms with Crippen LogP contribution in [-0.2, 0) is 22.7 Å². The van der Waals surface area contributed by atoms with E-state index in [9.17, 15) is 9.59 Å². The molecule has 0 aromatic heterocycles. The van der Waals surface area contributed by atoms with Gasteiger partial charge in [0, 0.05) is 19.5 Å². The van der Waals surface area contributed by atoms with Crippen LogP contribution in [0.1, 0.15) is 17.5 Å². The van der Waals surface area contributed by atoms with Gasteiger partial charge in [-0.2, -0.15) is 0 Å². The zero-order valence-electron chi connectivity index (χ0n) is 16.6. The molecule has 6 nitrogen and oxygen atoms in total. The molecule has 3 N–H and O–H groups in total. The quantitative estimate of drug-likeness (QED) is 0.475. The van der Waals surface area contributed by atoms with Crippen molar-refractivity contribution in [3.05, 3.63) is 96.1 Å². The maximum atomic E-state index is 11.9. The van der Waals surface area contributed by atoms with Crippen molar-refractivity contribution in [1.29, 1.82) is 0 Å². The van der Waals surface area contributed by atoms with E-state index in [1.165, 1.54) is 5.56 Å². The Kier molecular flexibility index (Phi) is 8.00. The predicted molar refractivity (Wildman–Crippen MR) is 116 cm³/mol. The molecule has 0 radical (unpaired) electrons. The minimum atomic E-state index is -0.543. The number of hydrogen-bond acceptors (Lipinski definition) is 4. The Balaban J connectivity index is 1.29. The molecule has 3 aromatic carbocycles. The third-order valence-corrected chi connectivity index (χ3v) is 4.42. The van der Waals surface area contributed by atoms with Crippen molar-refractivity contribution in [3.8, 4) is 11.1 Å². The van der Waals surface area contributed by atoms with E-state index in [-0.39, 0.29) is 25.5 Å². The van der Waals surface area contributed by atoms with E-state index in [0.717, 1.165) is 16.7 Å². The molecule has 30 heavy (non-hydrogen) atoms. The van der Waals surface area contributed by atoms with Gasteiger partial charge in [-0.1, -0.05) is 84.9 Å². The van der Waals surface area contributed by atoms with Crippen molar-refractivity contribution >= 4 is 12.0 Å². The zero-order chi connectivity index (χ0) is 21.0. The van der Waals surface area contributed by atoms with Crippen LogP contribution in [0.25, 0.3) is 11.1 Å². The number of benzene rings is 3. The van der Waals surface area contributed by atoms with Crippen LogP contribution in [0.5, 0.6) is 0 Å². The molecule has 0 saturated carbocycles. The van der Waals surface area contributed by atoms with Crippen molar-refractivity contribution in [2.75, 3.05) is 6.54 Å². The van der Waals surface area contributed by atoms with Crippen molar-refractivity contribution in [3.63, 3.8) is 0 Å². The first kappa shape index (κ1) is 21.1. The van der Waals surface area contributed by atoms with Crippen molar-refractivity contribution in [1.82, 2.24) is 16.2 Å². The zero-order valence-corrected chi connectivity index (χ0v) is 16.6. The van der Waals surface area contributed by atoms with E-state index in [0.29, 0.717) is 6.54 Å². The van der Waals surface area contributed by atoms with Crippen LogP contribution in [0.3, 0.4) is 0 Å². The molecule has 0 aliphatic heterocycles. The van der Waals surface area contributed by atoms with Gasteiger partial charge in [0.1, 0.15) is 6.61 Å². The summed E-state index contributed by atoms with van der Waals surface area (Å²) in [6.07, 6.45) is -0.390. The lowest BCUT2D eigenvalue weighted by molar-refractivity contribution is -0.122. The number of rotatable bonds is 9. The molecule has 0 spiro atoms. The van der Waals surface area contributed by atoms with Gasteiger partial charge in [-0.15, -0.1) is 0 Å². The molecule has 3 rings (SSSR count). The van der Waals surface area contributed by atoms with Crippen LogP contribution in [0.2, 0.25) is 0 Å². The summed E-state index contributed by atoms with van der Waals surface area (Å²) < 4.78 is 5.09. The van der Waals surface area contributed by atoms with Crippen LogP contribution < -0.4 is 16.2 Å². The fourth-order valence-corrected chi connectivity index (χ4v) is 2.81. The number of alkyl carbamates (subject to hydrolysis) is 1. The van der Waals surface area contributed by atoms with Gasteiger partial charge in [0.05, 0.1) is 0 Å². The van der Waals surface area contributed by atoms with Gasteiger partial charge in [0.2, 0.25) is 5.91 Å². The molecule has 3 aromatic rings. The van der Waals surface area contributed by atoms with Crippen LogP contribution in [-0.4, -0.2) is 18.5 Å². The summed E-state index contributed by atoms with van der Waals surface area (Å²) in [5.41, 5.74) is 9.81. The molecule has 6 heteroatoms. The highest BCUT2D eigenvalue weighted by Gasteiger charge is 2.05. The minimum Gasteiger partial charge on any atom is -0.445 e. The summed E-state index contributed by atoms with van der Waals surface area (Å²) in [6.45, 7) is 0.907. The lowest BCUT2D eigenvalue weighted by Crippen LogP contribution is -2.38. The molecule has 2 amide bonds. The van der Waals surface area contributed by atoms with Crippen LogP contribution >= 0.6 is 0 Å². The van der Waals surface area contributed by atoms with Gasteiger partial charge >= 0.3 is 6.09 Å². The van der Waals surface area contributed by atoms with Crippen molar-refractivity contribution in [2.24, 2.45) is 0 Å². The highest BCUT2D eigenvalue weighted by molar-refractivity contribution is 5.76. The summed E-state index contributed by atoms with van der Waals surface area (Å²) >= 11 is 0. The smallest absolute Gasteiger partial charge is 0.407 e. The molecular formula is C24H25N3O3. The summed E-state index contributed by atoms with van der Waals surface area (Å²) in [6, 6.07) is 27.7. The number of hydrazine groups is 1. The molecule has 0 aliphatic rings. The highest BCUT2D eigenvalue weighted by atomic mass is 16.5. The van der Waals surface area contributed by atoms with E-state index in [1.54, 1.807) is 0 Å². The van der Waals surface area contributed by atoms with E-state index in [4.69, 9.17) is 4.74 Å². The fraction of sp³-hybridized carbons (Fsp3) is 0.167. The number of hydrogen-bond donors (Lipinski definition) is 3. The second-order valence-corrected chi connectivity index (χ2v) is 6.70. The Labute approximate surface area is 176 Å². The predicted octanol–water partition coefficient (Wildman–Crippen LogP) is 3.79. The Morgan fingerprint density at radius 2 is 1.37 bits per heavy atom. The van der Waals surface area contributed by atoms with Crippen molar-refractivity contribution in [2.45, 2.75) is 19.6 Å². The Morgan fingerprint density at radius 3 is 2.07 bits per heavy atom. The standard InChI is InChI=1S/C24H25N3O3/c28-23(15-16-25-24(29)30-18-20-7-3-1-4-8-20)27-26-17-19-11-13-22(14-12-19)21-9-5-2-6-10-21/h1-14,26H,15-18H2,(H,25,29)(H,27,28). The minimum absolute atomic E-state index is 0.153. The van der Waals surface area contributed by atoms with E-state index in [1.807, 2.05) is 60.7 Å². The fourth-order valence-electron chi connectivity index (χ4n) is 2.81. The number of amides is 2. The van der Waals surface area contributed by atoms with Crippen LogP contribution in [0, 0.1) is 0 Å². The molecular weight excluding hydrogens is 378 g/mol. The van der Waals surface area contributed by atoms with Gasteiger partial charge in [0.25, 0.3) is 0 Å². The number of nitrogens with one attached hydrogen (secondary N) is 3. The molecule has 0 heterocycles.